The van der Waals surface area contributed by atoms with Crippen LogP contribution in [0, 0.1) is 0 Å². The number of carbonyl (C=O) groups excluding carboxylic acids is 1. The van der Waals surface area contributed by atoms with Crippen LogP contribution in [0.3, 0.4) is 0 Å². The van der Waals surface area contributed by atoms with Crippen molar-refractivity contribution >= 4 is 16.0 Å². The van der Waals surface area contributed by atoms with Crippen LogP contribution in [0.4, 0.5) is 0 Å². The first-order chi connectivity index (χ1) is 11.7. The van der Waals surface area contributed by atoms with Crippen molar-refractivity contribution in [1.82, 2.24) is 0 Å². The fourth-order valence-corrected chi connectivity index (χ4v) is 2.79. The molecular weight excluding hydrogens is 342 g/mol. The average molecular weight is 363 g/mol. The summed E-state index contributed by atoms with van der Waals surface area (Å²) in [5.41, 5.74) is 2.03. The number of hydrogen-bond donors (Lipinski definition) is 1. The Labute approximate surface area is 147 Å². The summed E-state index contributed by atoms with van der Waals surface area (Å²) in [6.07, 6.45) is 0. The molecule has 134 valence electrons. The number of benzene rings is 2. The fourth-order valence-electron chi connectivity index (χ4n) is 2.25. The van der Waals surface area contributed by atoms with Gasteiger partial charge in [0.15, 0.2) is 0 Å². The third-order valence-corrected chi connectivity index (χ3v) is 4.65. The summed E-state index contributed by atoms with van der Waals surface area (Å²) in [5, 5.41) is 5.10. The summed E-state index contributed by atoms with van der Waals surface area (Å²) in [6.45, 7) is 4.26. The summed E-state index contributed by atoms with van der Waals surface area (Å²) in [5.74, 6) is -0.0512. The summed E-state index contributed by atoms with van der Waals surface area (Å²) in [7, 11) is -2.54. The predicted octanol–water partition coefficient (Wildman–Crippen LogP) is 2.82. The van der Waals surface area contributed by atoms with Gasteiger partial charge in [-0.2, -0.15) is 0 Å². The number of esters is 1. The van der Waals surface area contributed by atoms with E-state index in [2.05, 4.69) is 13.8 Å². The van der Waals surface area contributed by atoms with Gasteiger partial charge in [-0.3, -0.25) is 0 Å². The van der Waals surface area contributed by atoms with Crippen molar-refractivity contribution in [1.29, 1.82) is 0 Å². The zero-order chi connectivity index (χ0) is 18.6. The first kappa shape index (κ1) is 19.0. The van der Waals surface area contributed by atoms with Crippen LogP contribution in [0.15, 0.2) is 47.4 Å². The lowest BCUT2D eigenvalue weighted by Crippen LogP contribution is -2.14. The maximum Gasteiger partial charge on any atom is 0.342 e. The van der Waals surface area contributed by atoms with E-state index in [1.54, 1.807) is 0 Å². The van der Waals surface area contributed by atoms with Crippen LogP contribution >= 0.6 is 0 Å². The molecule has 2 aromatic carbocycles. The molecule has 0 aromatic heterocycles. The van der Waals surface area contributed by atoms with Crippen molar-refractivity contribution in [3.8, 4) is 5.75 Å². The van der Waals surface area contributed by atoms with Crippen molar-refractivity contribution in [2.75, 3.05) is 7.11 Å². The smallest absolute Gasteiger partial charge is 0.342 e. The lowest BCUT2D eigenvalue weighted by molar-refractivity contribution is 0.0468. The molecule has 0 aliphatic rings. The lowest BCUT2D eigenvalue weighted by Gasteiger charge is -2.11. The molecule has 0 amide bonds. The van der Waals surface area contributed by atoms with Gasteiger partial charge in [0.05, 0.1) is 12.0 Å². The van der Waals surface area contributed by atoms with Crippen molar-refractivity contribution in [3.63, 3.8) is 0 Å². The van der Waals surface area contributed by atoms with Gasteiger partial charge in [0, 0.05) is 0 Å². The Balaban J connectivity index is 2.17. The molecule has 0 atom stereocenters. The fraction of sp³-hybridized carbons (Fsp3) is 0.278. The second-order valence-electron chi connectivity index (χ2n) is 5.88. The zero-order valence-electron chi connectivity index (χ0n) is 14.4. The van der Waals surface area contributed by atoms with Crippen LogP contribution in [-0.4, -0.2) is 21.5 Å². The van der Waals surface area contributed by atoms with Crippen molar-refractivity contribution in [2.24, 2.45) is 5.14 Å². The average Bonchev–Trinajstić information content (AvgIpc) is 2.58. The minimum atomic E-state index is -3.93. The number of carbonyl (C=O) groups is 1. The highest BCUT2D eigenvalue weighted by Gasteiger charge is 2.18. The maximum absolute atomic E-state index is 12.3. The van der Waals surface area contributed by atoms with Crippen LogP contribution in [0.25, 0.3) is 0 Å². The summed E-state index contributed by atoms with van der Waals surface area (Å²) >= 11 is 0. The SMILES string of the molecule is COc1ccc(S(N)(=O)=O)cc1C(=O)OCc1ccc(C(C)C)cc1. The highest BCUT2D eigenvalue weighted by molar-refractivity contribution is 7.89. The number of hydrogen-bond acceptors (Lipinski definition) is 5. The van der Waals surface area contributed by atoms with Gasteiger partial charge in [0.25, 0.3) is 0 Å². The molecule has 2 N–H and O–H groups in total. The van der Waals surface area contributed by atoms with Crippen LogP contribution in [0.1, 0.15) is 41.3 Å². The Morgan fingerprint density at radius 3 is 2.28 bits per heavy atom. The van der Waals surface area contributed by atoms with Gasteiger partial charge in [-0.25, -0.2) is 18.4 Å². The highest BCUT2D eigenvalue weighted by Crippen LogP contribution is 2.23. The van der Waals surface area contributed by atoms with Crippen molar-refractivity contribution in [3.05, 3.63) is 59.2 Å². The number of sulfonamides is 1. The molecule has 0 unspecified atom stereocenters. The van der Waals surface area contributed by atoms with Gasteiger partial charge < -0.3 is 9.47 Å². The van der Waals surface area contributed by atoms with E-state index in [0.717, 1.165) is 11.6 Å². The topological polar surface area (TPSA) is 95.7 Å². The number of nitrogens with two attached hydrogens (primary N) is 1. The third kappa shape index (κ3) is 4.80. The van der Waals surface area contributed by atoms with Crippen LogP contribution < -0.4 is 9.88 Å². The summed E-state index contributed by atoms with van der Waals surface area (Å²) in [4.78, 5) is 12.1. The molecule has 6 nitrogen and oxygen atoms in total. The molecule has 2 aromatic rings. The van der Waals surface area contributed by atoms with Gasteiger partial charge >= 0.3 is 5.97 Å². The number of methoxy groups -OCH3 is 1. The summed E-state index contributed by atoms with van der Waals surface area (Å²) in [6, 6.07) is 11.5. The predicted molar refractivity (Wildman–Crippen MR) is 94.0 cm³/mol. The minimum Gasteiger partial charge on any atom is -0.496 e. The molecule has 0 spiro atoms. The minimum absolute atomic E-state index is 0.00725. The Kier molecular flexibility index (Phi) is 5.81. The highest BCUT2D eigenvalue weighted by atomic mass is 32.2. The number of rotatable bonds is 6. The van der Waals surface area contributed by atoms with Gasteiger partial charge in [0.1, 0.15) is 17.9 Å². The van der Waals surface area contributed by atoms with Crippen LogP contribution in [0.2, 0.25) is 0 Å². The molecule has 0 bridgehead atoms. The zero-order valence-corrected chi connectivity index (χ0v) is 15.2. The largest absolute Gasteiger partial charge is 0.496 e. The van der Waals surface area contributed by atoms with E-state index in [9.17, 15) is 13.2 Å². The molecule has 0 fully saturated rings. The van der Waals surface area contributed by atoms with Crippen molar-refractivity contribution in [2.45, 2.75) is 31.3 Å². The van der Waals surface area contributed by atoms with Gasteiger partial charge in [-0.1, -0.05) is 38.1 Å². The van der Waals surface area contributed by atoms with Gasteiger partial charge in [0.2, 0.25) is 10.0 Å². The Bertz CT molecular complexity index is 858. The number of ether oxygens (including phenoxy) is 2. The molecular formula is C18H21NO5S. The second kappa shape index (κ2) is 7.67. The maximum atomic E-state index is 12.3. The van der Waals surface area contributed by atoms with E-state index in [0.29, 0.717) is 5.92 Å². The van der Waals surface area contributed by atoms with E-state index in [1.165, 1.54) is 24.8 Å². The summed E-state index contributed by atoms with van der Waals surface area (Å²) < 4.78 is 33.3. The second-order valence-corrected chi connectivity index (χ2v) is 7.44. The van der Waals surface area contributed by atoms with E-state index in [1.807, 2.05) is 24.3 Å². The lowest BCUT2D eigenvalue weighted by atomic mass is 10.0. The van der Waals surface area contributed by atoms with E-state index in [4.69, 9.17) is 14.6 Å². The molecule has 0 heterocycles. The molecule has 0 aliphatic heterocycles. The molecule has 7 heteroatoms. The first-order valence-electron chi connectivity index (χ1n) is 7.69. The third-order valence-electron chi connectivity index (χ3n) is 3.74. The quantitative estimate of drug-likeness (QED) is 0.796. The molecule has 0 saturated carbocycles. The molecule has 0 saturated heterocycles. The van der Waals surface area contributed by atoms with Crippen LogP contribution in [0.5, 0.6) is 5.75 Å². The standard InChI is InChI=1S/C18H21NO5S/c1-12(2)14-6-4-13(5-7-14)11-24-18(20)16-10-15(25(19,21)22)8-9-17(16)23-3/h4-10,12H,11H2,1-3H3,(H2,19,21,22). The first-order valence-corrected chi connectivity index (χ1v) is 9.24. The Morgan fingerprint density at radius 2 is 1.76 bits per heavy atom. The number of primary sulfonamides is 1. The van der Waals surface area contributed by atoms with E-state index >= 15 is 0 Å². The van der Waals surface area contributed by atoms with Crippen molar-refractivity contribution < 1.29 is 22.7 Å². The Morgan fingerprint density at radius 1 is 1.12 bits per heavy atom. The monoisotopic (exact) mass is 363 g/mol. The van der Waals surface area contributed by atoms with Crippen LogP contribution in [-0.2, 0) is 21.4 Å². The van der Waals surface area contributed by atoms with E-state index in [-0.39, 0.29) is 22.8 Å². The molecule has 0 radical (unpaired) electrons. The molecule has 25 heavy (non-hydrogen) atoms. The van der Waals surface area contributed by atoms with E-state index < -0.39 is 16.0 Å². The molecule has 2 rings (SSSR count). The van der Waals surface area contributed by atoms with Gasteiger partial charge in [-0.15, -0.1) is 0 Å². The molecule has 0 aliphatic carbocycles. The van der Waals surface area contributed by atoms with Gasteiger partial charge in [-0.05, 0) is 35.2 Å². The Hall–Kier alpha value is -2.38. The normalized spacial score (nSPS) is 11.4.